The predicted molar refractivity (Wildman–Crippen MR) is 139 cm³/mol. The lowest BCUT2D eigenvalue weighted by Gasteiger charge is -2.17. The molecule has 0 bridgehead atoms. The van der Waals surface area contributed by atoms with Crippen molar-refractivity contribution < 1.29 is 65.6 Å². The first-order valence-electron chi connectivity index (χ1n) is 13.5. The Morgan fingerprint density at radius 2 is 1.12 bits per heavy atom. The summed E-state index contributed by atoms with van der Waals surface area (Å²) in [5, 5.41) is -10.8. The molecule has 18 heteroatoms. The van der Waals surface area contributed by atoms with Gasteiger partial charge in [-0.05, 0) is 6.42 Å². The smallest absolute Gasteiger partial charge is 0.428 e. The fourth-order valence-electron chi connectivity index (χ4n) is 3.39. The number of aryl methyl sites for hydroxylation is 2. The topological polar surface area (TPSA) is 131 Å². The lowest BCUT2D eigenvalue weighted by atomic mass is 10.0. The molecule has 1 aromatic heterocycles. The standard InChI is InChI=1S/C20H38N2.2C2H2F4O3S/c1-3-4-5-6-7-8-9-10-11-12-13-14-15-16-17-20-21-18-19-22(20)2;2*3-1(4)2(5,6)10(7,8)9/h18-19H,3-17H2,1-2H3;2*1H,(H,7,8,9). The number of aromatic amines is 1. The van der Waals surface area contributed by atoms with Gasteiger partial charge in [-0.1, -0.05) is 90.4 Å². The largest absolute Gasteiger partial charge is 0.743 e. The van der Waals surface area contributed by atoms with E-state index in [-0.39, 0.29) is 0 Å². The van der Waals surface area contributed by atoms with E-state index in [1.807, 2.05) is 6.20 Å². The van der Waals surface area contributed by atoms with Crippen LogP contribution in [0.5, 0.6) is 0 Å². The van der Waals surface area contributed by atoms with Crippen molar-refractivity contribution in [3.05, 3.63) is 18.2 Å². The van der Waals surface area contributed by atoms with Crippen molar-refractivity contribution in [3.8, 4) is 0 Å². The number of aromatic nitrogens is 2. The summed E-state index contributed by atoms with van der Waals surface area (Å²) in [6.07, 6.45) is 16.5. The molecule has 0 amide bonds. The second-order valence-corrected chi connectivity index (χ2v) is 12.5. The van der Waals surface area contributed by atoms with E-state index < -0.39 is 43.6 Å². The van der Waals surface area contributed by atoms with Gasteiger partial charge in [0.2, 0.25) is 0 Å². The van der Waals surface area contributed by atoms with Gasteiger partial charge in [-0.2, -0.15) is 26.0 Å². The van der Waals surface area contributed by atoms with E-state index >= 15 is 0 Å². The van der Waals surface area contributed by atoms with E-state index in [1.165, 1.54) is 102 Å². The van der Waals surface area contributed by atoms with E-state index in [0.29, 0.717) is 0 Å². The van der Waals surface area contributed by atoms with E-state index in [1.54, 1.807) is 0 Å². The predicted octanol–water partition coefficient (Wildman–Crippen LogP) is 6.98. The molecule has 0 aliphatic heterocycles. The Bertz CT molecular complexity index is 991. The van der Waals surface area contributed by atoms with Crippen LogP contribution in [0.25, 0.3) is 0 Å². The highest BCUT2D eigenvalue weighted by molar-refractivity contribution is 7.87. The average molecular weight is 671 g/mol. The second-order valence-electron chi connectivity index (χ2n) is 9.52. The Kier molecular flexibility index (Phi) is 21.5. The third-order valence-corrected chi connectivity index (χ3v) is 7.64. The number of unbranched alkanes of at least 4 members (excludes halogenated alkanes) is 13. The minimum absolute atomic E-state index is 1.20. The summed E-state index contributed by atoms with van der Waals surface area (Å²) < 4.78 is 146. The summed E-state index contributed by atoms with van der Waals surface area (Å²) in [6, 6.07) is 0. The Morgan fingerprint density at radius 1 is 0.762 bits per heavy atom. The molecule has 0 fully saturated rings. The maximum Gasteiger partial charge on any atom is 0.428 e. The second kappa shape index (κ2) is 21.2. The van der Waals surface area contributed by atoms with Crippen LogP contribution in [0.3, 0.4) is 0 Å². The van der Waals surface area contributed by atoms with Gasteiger partial charge in [0.05, 0.1) is 7.05 Å². The van der Waals surface area contributed by atoms with Crippen LogP contribution in [-0.4, -0.2) is 54.3 Å². The van der Waals surface area contributed by atoms with Gasteiger partial charge < -0.3 is 4.55 Å². The summed E-state index contributed by atoms with van der Waals surface area (Å²) in [6.45, 7) is 2.29. The first-order chi connectivity index (χ1) is 19.2. The number of rotatable bonds is 19. The highest BCUT2D eigenvalue weighted by atomic mass is 32.2. The Balaban J connectivity index is 0. The molecule has 2 N–H and O–H groups in total. The van der Waals surface area contributed by atoms with Gasteiger partial charge in [-0.15, -0.1) is 0 Å². The molecule has 0 atom stereocenters. The van der Waals surface area contributed by atoms with Crippen molar-refractivity contribution in [2.45, 2.75) is 127 Å². The molecular formula is C24H42F8N2O6S2. The van der Waals surface area contributed by atoms with Gasteiger partial charge in [0.1, 0.15) is 12.4 Å². The summed E-state index contributed by atoms with van der Waals surface area (Å²) in [5.41, 5.74) is 0. The van der Waals surface area contributed by atoms with Crippen molar-refractivity contribution in [1.29, 1.82) is 0 Å². The van der Waals surface area contributed by atoms with Gasteiger partial charge >= 0.3 is 33.5 Å². The summed E-state index contributed by atoms with van der Waals surface area (Å²) in [4.78, 5) is 3.32. The summed E-state index contributed by atoms with van der Waals surface area (Å²) in [5.74, 6) is 1.36. The van der Waals surface area contributed by atoms with Crippen LogP contribution in [0.2, 0.25) is 0 Å². The number of halogens is 8. The lowest BCUT2D eigenvalue weighted by Crippen LogP contribution is -2.36. The summed E-state index contributed by atoms with van der Waals surface area (Å²) >= 11 is 0. The molecular weight excluding hydrogens is 628 g/mol. The van der Waals surface area contributed by atoms with Crippen LogP contribution in [-0.2, 0) is 33.7 Å². The fourth-order valence-corrected chi connectivity index (χ4v) is 3.84. The van der Waals surface area contributed by atoms with Gasteiger partial charge in [0, 0.05) is 6.42 Å². The van der Waals surface area contributed by atoms with E-state index in [9.17, 15) is 56.5 Å². The molecule has 252 valence electrons. The zero-order valence-corrected chi connectivity index (χ0v) is 25.3. The normalized spacial score (nSPS) is 12.6. The van der Waals surface area contributed by atoms with Crippen molar-refractivity contribution in [3.63, 3.8) is 0 Å². The number of hydrogen-bond donors (Lipinski definition) is 2. The summed E-state index contributed by atoms with van der Waals surface area (Å²) in [7, 11) is -10.1. The van der Waals surface area contributed by atoms with Crippen LogP contribution in [0.1, 0.15) is 103 Å². The van der Waals surface area contributed by atoms with Crippen molar-refractivity contribution in [1.82, 2.24) is 4.98 Å². The number of nitrogens with zero attached hydrogens (tertiary/aromatic N) is 1. The molecule has 0 unspecified atom stereocenters. The molecule has 0 aromatic carbocycles. The number of imidazole rings is 1. The number of nitrogens with one attached hydrogen (secondary N) is 1. The van der Waals surface area contributed by atoms with Crippen molar-refractivity contribution in [2.75, 3.05) is 0 Å². The molecule has 8 nitrogen and oxygen atoms in total. The monoisotopic (exact) mass is 670 g/mol. The minimum atomic E-state index is -6.23. The van der Waals surface area contributed by atoms with Crippen LogP contribution in [0.4, 0.5) is 35.1 Å². The van der Waals surface area contributed by atoms with Crippen molar-refractivity contribution in [2.24, 2.45) is 7.05 Å². The number of hydrogen-bond acceptors (Lipinski definition) is 5. The fraction of sp³-hybridized carbons (Fsp3) is 0.875. The third kappa shape index (κ3) is 18.2. The minimum Gasteiger partial charge on any atom is -0.743 e. The molecule has 0 radical (unpaired) electrons. The zero-order chi connectivity index (χ0) is 33.0. The van der Waals surface area contributed by atoms with Crippen LogP contribution in [0.15, 0.2) is 12.4 Å². The molecule has 0 saturated carbocycles. The molecule has 0 spiro atoms. The molecule has 42 heavy (non-hydrogen) atoms. The molecule has 1 heterocycles. The van der Waals surface area contributed by atoms with Crippen LogP contribution < -0.4 is 4.57 Å². The zero-order valence-electron chi connectivity index (χ0n) is 23.7. The number of H-pyrrole nitrogens is 1. The van der Waals surface area contributed by atoms with Gasteiger partial charge in [0.15, 0.2) is 10.1 Å². The molecule has 1 rings (SSSR count). The first kappa shape index (κ1) is 42.6. The maximum atomic E-state index is 11.5. The molecule has 1 aromatic rings. The SMILES string of the molecule is CCCCCCCCCCCCCCCCc1[nH]cc[n+]1C.O=S(=O)(O)C(F)(F)C(F)F.O=S(=O)([O-])C(F)(F)C(F)F. The average Bonchev–Trinajstić information content (AvgIpc) is 3.28. The van der Waals surface area contributed by atoms with E-state index in [2.05, 4.69) is 29.7 Å². The highest BCUT2D eigenvalue weighted by Gasteiger charge is 2.53. The van der Waals surface area contributed by atoms with E-state index in [4.69, 9.17) is 4.55 Å². The number of alkyl halides is 8. The third-order valence-electron chi connectivity index (χ3n) is 5.93. The Morgan fingerprint density at radius 3 is 1.33 bits per heavy atom. The molecule has 0 saturated heterocycles. The molecule has 0 aliphatic rings. The Labute approximate surface area is 242 Å². The lowest BCUT2D eigenvalue weighted by molar-refractivity contribution is -0.677. The van der Waals surface area contributed by atoms with Crippen molar-refractivity contribution >= 4 is 20.2 Å². The quantitative estimate of drug-likeness (QED) is 0.0707. The van der Waals surface area contributed by atoms with Gasteiger partial charge in [-0.25, -0.2) is 35.5 Å². The Hall–Kier alpha value is -1.53. The van der Waals surface area contributed by atoms with Gasteiger partial charge in [-0.3, -0.25) is 4.55 Å². The first-order valence-corrected chi connectivity index (χ1v) is 16.3. The van der Waals surface area contributed by atoms with Crippen LogP contribution in [0, 0.1) is 0 Å². The van der Waals surface area contributed by atoms with E-state index in [0.717, 1.165) is 0 Å². The molecule has 0 aliphatic carbocycles. The van der Waals surface area contributed by atoms with Crippen LogP contribution >= 0.6 is 0 Å². The highest BCUT2D eigenvalue weighted by Crippen LogP contribution is 2.28. The maximum absolute atomic E-state index is 11.5. The van der Waals surface area contributed by atoms with Gasteiger partial charge in [0.25, 0.3) is 5.82 Å².